The molecule has 0 saturated carbocycles. The highest BCUT2D eigenvalue weighted by molar-refractivity contribution is 9.10. The molecule has 0 bridgehead atoms. The van der Waals surface area contributed by atoms with Crippen molar-refractivity contribution < 1.29 is 9.53 Å². The highest BCUT2D eigenvalue weighted by Gasteiger charge is 2.19. The summed E-state index contributed by atoms with van der Waals surface area (Å²) in [5.74, 6) is 0.978. The van der Waals surface area contributed by atoms with Gasteiger partial charge in [-0.25, -0.2) is 4.98 Å². The Kier molecular flexibility index (Phi) is 4.39. The van der Waals surface area contributed by atoms with Gasteiger partial charge in [-0.15, -0.1) is 0 Å². The first-order valence-electron chi connectivity index (χ1n) is 6.07. The highest BCUT2D eigenvalue weighted by atomic mass is 79.9. The minimum atomic E-state index is -0.156. The molecule has 2 aromatic rings. The Balaban J connectivity index is 2.38. The van der Waals surface area contributed by atoms with Gasteiger partial charge in [0.15, 0.2) is 0 Å². The molecule has 0 aliphatic rings. The number of rotatable bonds is 3. The van der Waals surface area contributed by atoms with Gasteiger partial charge in [0.25, 0.3) is 5.91 Å². The molecule has 20 heavy (non-hydrogen) atoms. The summed E-state index contributed by atoms with van der Waals surface area (Å²) in [6.45, 7) is 1.94. The van der Waals surface area contributed by atoms with Gasteiger partial charge in [-0.05, 0) is 31.2 Å². The van der Waals surface area contributed by atoms with Crippen molar-refractivity contribution in [2.75, 3.05) is 19.1 Å². The number of amides is 1. The van der Waals surface area contributed by atoms with Crippen molar-refractivity contribution >= 4 is 27.7 Å². The van der Waals surface area contributed by atoms with Gasteiger partial charge in [0.2, 0.25) is 0 Å². The standard InChI is InChI=1S/C15H15BrN2O2/c1-10-4-5-13(20-3)12(8-10)15(19)18(2)14-9-11(16)6-7-17-14/h4-9H,1-3H3. The van der Waals surface area contributed by atoms with Crippen molar-refractivity contribution in [1.29, 1.82) is 0 Å². The molecular formula is C15H15BrN2O2. The molecule has 1 aromatic heterocycles. The molecule has 0 atom stereocenters. The van der Waals surface area contributed by atoms with E-state index in [2.05, 4.69) is 20.9 Å². The third-order valence-electron chi connectivity index (χ3n) is 2.94. The van der Waals surface area contributed by atoms with Crippen molar-refractivity contribution in [3.63, 3.8) is 0 Å². The van der Waals surface area contributed by atoms with Crippen molar-refractivity contribution in [2.45, 2.75) is 6.92 Å². The van der Waals surface area contributed by atoms with Crippen LogP contribution in [0.5, 0.6) is 5.75 Å². The van der Waals surface area contributed by atoms with Gasteiger partial charge < -0.3 is 4.74 Å². The van der Waals surface area contributed by atoms with Gasteiger partial charge in [-0.3, -0.25) is 9.69 Å². The summed E-state index contributed by atoms with van der Waals surface area (Å²) < 4.78 is 6.13. The van der Waals surface area contributed by atoms with E-state index in [-0.39, 0.29) is 5.91 Å². The highest BCUT2D eigenvalue weighted by Crippen LogP contribution is 2.24. The van der Waals surface area contributed by atoms with Gasteiger partial charge in [-0.1, -0.05) is 27.6 Å². The third-order valence-corrected chi connectivity index (χ3v) is 3.43. The molecule has 104 valence electrons. The first kappa shape index (κ1) is 14.5. The van der Waals surface area contributed by atoms with Crippen LogP contribution in [0.4, 0.5) is 5.82 Å². The number of pyridine rings is 1. The number of benzene rings is 1. The minimum Gasteiger partial charge on any atom is -0.496 e. The first-order valence-corrected chi connectivity index (χ1v) is 6.86. The van der Waals surface area contributed by atoms with E-state index in [1.807, 2.05) is 25.1 Å². The number of hydrogen-bond donors (Lipinski definition) is 0. The summed E-state index contributed by atoms with van der Waals surface area (Å²) >= 11 is 3.37. The van der Waals surface area contributed by atoms with Crippen LogP contribution < -0.4 is 9.64 Å². The first-order chi connectivity index (χ1) is 9.52. The van der Waals surface area contributed by atoms with Gasteiger partial charge in [0.05, 0.1) is 12.7 Å². The molecule has 5 heteroatoms. The monoisotopic (exact) mass is 334 g/mol. The topological polar surface area (TPSA) is 42.4 Å². The lowest BCUT2D eigenvalue weighted by atomic mass is 10.1. The Labute approximate surface area is 126 Å². The summed E-state index contributed by atoms with van der Waals surface area (Å²) in [6, 6.07) is 9.13. The Morgan fingerprint density at radius 3 is 2.70 bits per heavy atom. The van der Waals surface area contributed by atoms with E-state index in [4.69, 9.17) is 4.74 Å². The van der Waals surface area contributed by atoms with Crippen LogP contribution in [-0.4, -0.2) is 25.0 Å². The number of aryl methyl sites for hydroxylation is 1. The second-order valence-electron chi connectivity index (χ2n) is 4.40. The third kappa shape index (κ3) is 2.99. The number of halogens is 1. The largest absolute Gasteiger partial charge is 0.496 e. The maximum atomic E-state index is 12.6. The molecule has 1 heterocycles. The van der Waals surface area contributed by atoms with Crippen molar-refractivity contribution in [1.82, 2.24) is 4.98 Å². The molecule has 0 fully saturated rings. The number of carbonyl (C=O) groups excluding carboxylic acids is 1. The van der Waals surface area contributed by atoms with Crippen LogP contribution in [0.15, 0.2) is 41.0 Å². The second-order valence-corrected chi connectivity index (χ2v) is 5.32. The van der Waals surface area contributed by atoms with Gasteiger partial charge in [0, 0.05) is 17.7 Å². The molecule has 0 radical (unpaired) electrons. The maximum absolute atomic E-state index is 12.6. The van der Waals surface area contributed by atoms with E-state index in [0.29, 0.717) is 17.1 Å². The van der Waals surface area contributed by atoms with E-state index in [1.165, 1.54) is 4.90 Å². The van der Waals surface area contributed by atoms with Crippen LogP contribution in [0.3, 0.4) is 0 Å². The molecule has 0 N–H and O–H groups in total. The Hall–Kier alpha value is -1.88. The SMILES string of the molecule is COc1ccc(C)cc1C(=O)N(C)c1cc(Br)ccn1. The summed E-state index contributed by atoms with van der Waals surface area (Å²) in [5, 5.41) is 0. The summed E-state index contributed by atoms with van der Waals surface area (Å²) in [5.41, 5.74) is 1.53. The fourth-order valence-corrected chi connectivity index (χ4v) is 2.17. The van der Waals surface area contributed by atoms with E-state index < -0.39 is 0 Å². The zero-order chi connectivity index (χ0) is 14.7. The molecule has 1 aromatic carbocycles. The average Bonchev–Trinajstić information content (AvgIpc) is 2.45. The molecular weight excluding hydrogens is 320 g/mol. The van der Waals surface area contributed by atoms with Crippen LogP contribution in [0.25, 0.3) is 0 Å². The fourth-order valence-electron chi connectivity index (χ4n) is 1.85. The molecule has 0 spiro atoms. The molecule has 1 amide bonds. The van der Waals surface area contributed by atoms with Crippen molar-refractivity contribution in [3.05, 3.63) is 52.1 Å². The van der Waals surface area contributed by atoms with Gasteiger partial charge in [-0.2, -0.15) is 0 Å². The molecule has 4 nitrogen and oxygen atoms in total. The normalized spacial score (nSPS) is 10.2. The lowest BCUT2D eigenvalue weighted by Crippen LogP contribution is -2.27. The van der Waals surface area contributed by atoms with Crippen molar-refractivity contribution in [3.8, 4) is 5.75 Å². The van der Waals surface area contributed by atoms with E-state index >= 15 is 0 Å². The zero-order valence-electron chi connectivity index (χ0n) is 11.6. The Morgan fingerprint density at radius 2 is 2.05 bits per heavy atom. The molecule has 0 aliphatic carbocycles. The lowest BCUT2D eigenvalue weighted by Gasteiger charge is -2.18. The fraction of sp³-hybridized carbons (Fsp3) is 0.200. The number of nitrogens with zero attached hydrogens (tertiary/aromatic N) is 2. The van der Waals surface area contributed by atoms with E-state index in [1.54, 1.807) is 32.5 Å². The molecule has 0 unspecified atom stereocenters. The molecule has 0 saturated heterocycles. The van der Waals surface area contributed by atoms with E-state index in [9.17, 15) is 4.79 Å². The number of carbonyl (C=O) groups is 1. The number of ether oxygens (including phenoxy) is 1. The summed E-state index contributed by atoms with van der Waals surface area (Å²) in [4.78, 5) is 18.3. The zero-order valence-corrected chi connectivity index (χ0v) is 13.1. The quantitative estimate of drug-likeness (QED) is 0.863. The summed E-state index contributed by atoms with van der Waals surface area (Å²) in [6.07, 6.45) is 1.65. The van der Waals surface area contributed by atoms with Crippen molar-refractivity contribution in [2.24, 2.45) is 0 Å². The number of hydrogen-bond acceptors (Lipinski definition) is 3. The smallest absolute Gasteiger partial charge is 0.262 e. The average molecular weight is 335 g/mol. The molecule has 2 rings (SSSR count). The lowest BCUT2D eigenvalue weighted by molar-refractivity contribution is 0.0989. The van der Waals surface area contributed by atoms with Crippen LogP contribution >= 0.6 is 15.9 Å². The van der Waals surface area contributed by atoms with Gasteiger partial charge in [0.1, 0.15) is 11.6 Å². The number of methoxy groups -OCH3 is 1. The van der Waals surface area contributed by atoms with Gasteiger partial charge >= 0.3 is 0 Å². The van der Waals surface area contributed by atoms with E-state index in [0.717, 1.165) is 10.0 Å². The second kappa shape index (κ2) is 6.05. The maximum Gasteiger partial charge on any atom is 0.262 e. The Bertz CT molecular complexity index is 644. The van der Waals surface area contributed by atoms with Crippen LogP contribution in [0.1, 0.15) is 15.9 Å². The predicted octanol–water partition coefficient (Wildman–Crippen LogP) is 3.44. The molecule has 0 aliphatic heterocycles. The number of anilines is 1. The minimum absolute atomic E-state index is 0.156. The van der Waals surface area contributed by atoms with Crippen LogP contribution in [-0.2, 0) is 0 Å². The van der Waals surface area contributed by atoms with Crippen LogP contribution in [0.2, 0.25) is 0 Å². The summed E-state index contributed by atoms with van der Waals surface area (Å²) in [7, 11) is 3.25. The predicted molar refractivity (Wildman–Crippen MR) is 82.4 cm³/mol. The van der Waals surface area contributed by atoms with Crippen LogP contribution in [0, 0.1) is 6.92 Å². The number of aromatic nitrogens is 1. The Morgan fingerprint density at radius 1 is 1.30 bits per heavy atom.